The van der Waals surface area contributed by atoms with Crippen LogP contribution in [-0.2, 0) is 9.59 Å². The molecule has 1 aliphatic rings. The average molecular weight is 310 g/mol. The van der Waals surface area contributed by atoms with Gasteiger partial charge < -0.3 is 15.7 Å². The van der Waals surface area contributed by atoms with Crippen LogP contribution in [-0.4, -0.2) is 35.5 Å². The van der Waals surface area contributed by atoms with E-state index >= 15 is 0 Å². The molecule has 1 saturated carbocycles. The molecule has 0 aromatic carbocycles. The third kappa shape index (κ3) is 4.56. The molecule has 1 heterocycles. The predicted molar refractivity (Wildman–Crippen MR) is 78.2 cm³/mol. The molecule has 0 radical (unpaired) electrons. The summed E-state index contributed by atoms with van der Waals surface area (Å²) in [7, 11) is 0. The van der Waals surface area contributed by atoms with Crippen LogP contribution < -0.4 is 10.6 Å². The molecule has 3 N–H and O–H groups in total. The highest BCUT2D eigenvalue weighted by atomic mass is 32.1. The maximum Gasteiger partial charge on any atom is 0.306 e. The molecular weight excluding hydrogens is 292 g/mol. The fourth-order valence-corrected chi connectivity index (χ4v) is 3.06. The first-order valence-corrected chi connectivity index (χ1v) is 7.78. The molecule has 21 heavy (non-hydrogen) atoms. The first kappa shape index (κ1) is 15.5. The predicted octanol–water partition coefficient (Wildman–Crippen LogP) is 1.24. The van der Waals surface area contributed by atoms with Crippen molar-refractivity contribution in [2.75, 3.05) is 6.54 Å². The number of thiophene rings is 1. The molecule has 1 aromatic heterocycles. The van der Waals surface area contributed by atoms with Crippen LogP contribution in [0.4, 0.5) is 0 Å². The van der Waals surface area contributed by atoms with Crippen LogP contribution in [0.15, 0.2) is 17.5 Å². The second-order valence-corrected chi connectivity index (χ2v) is 6.04. The summed E-state index contributed by atoms with van der Waals surface area (Å²) < 4.78 is 0. The van der Waals surface area contributed by atoms with Gasteiger partial charge in [-0.05, 0) is 30.7 Å². The summed E-state index contributed by atoms with van der Waals surface area (Å²) in [6.07, 6.45) is 1.99. The quantitative estimate of drug-likeness (QED) is 0.736. The Kier molecular flexibility index (Phi) is 5.32. The lowest BCUT2D eigenvalue weighted by Crippen LogP contribution is -2.36. The molecule has 114 valence electrons. The standard InChI is InChI=1S/C14H18N2O4S/c17-12(16-10-4-3-9(8-10)14(19)20)5-6-15-13(18)11-2-1-7-21-11/h1-2,7,9-10H,3-6,8H2,(H,15,18)(H,16,17)(H,19,20)/t9-,10+/m1/s1. The van der Waals surface area contributed by atoms with Crippen LogP contribution in [0.2, 0.25) is 0 Å². The fraction of sp³-hybridized carbons (Fsp3) is 0.500. The van der Waals surface area contributed by atoms with Crippen molar-refractivity contribution in [1.82, 2.24) is 10.6 Å². The lowest BCUT2D eigenvalue weighted by Gasteiger charge is -2.12. The summed E-state index contributed by atoms with van der Waals surface area (Å²) in [5.74, 6) is -1.48. The Hall–Kier alpha value is -1.89. The number of rotatable bonds is 6. The van der Waals surface area contributed by atoms with Gasteiger partial charge in [0.15, 0.2) is 0 Å². The van der Waals surface area contributed by atoms with E-state index in [1.54, 1.807) is 12.1 Å². The van der Waals surface area contributed by atoms with Crippen molar-refractivity contribution in [3.8, 4) is 0 Å². The van der Waals surface area contributed by atoms with Gasteiger partial charge in [-0.2, -0.15) is 0 Å². The Morgan fingerprint density at radius 2 is 2.14 bits per heavy atom. The molecule has 7 heteroatoms. The Morgan fingerprint density at radius 1 is 1.33 bits per heavy atom. The van der Waals surface area contributed by atoms with Gasteiger partial charge in [-0.25, -0.2) is 0 Å². The molecule has 6 nitrogen and oxygen atoms in total. The highest BCUT2D eigenvalue weighted by molar-refractivity contribution is 7.12. The van der Waals surface area contributed by atoms with E-state index in [1.807, 2.05) is 5.38 Å². The summed E-state index contributed by atoms with van der Waals surface area (Å²) in [6, 6.07) is 3.46. The number of carbonyl (C=O) groups is 3. The number of carboxylic acids is 1. The van der Waals surface area contributed by atoms with Crippen molar-refractivity contribution in [3.05, 3.63) is 22.4 Å². The molecule has 0 unspecified atom stereocenters. The summed E-state index contributed by atoms with van der Waals surface area (Å²) in [5.41, 5.74) is 0. The number of carboxylic acid groups (broad SMARTS) is 1. The molecule has 0 spiro atoms. The third-order valence-electron chi connectivity index (χ3n) is 3.53. The SMILES string of the molecule is O=C(CCNC(=O)c1cccs1)N[C@H]1CC[C@@H](C(=O)O)C1. The maximum absolute atomic E-state index is 11.7. The van der Waals surface area contributed by atoms with Crippen molar-refractivity contribution < 1.29 is 19.5 Å². The number of hydrogen-bond donors (Lipinski definition) is 3. The minimum absolute atomic E-state index is 0.0633. The molecule has 1 fully saturated rings. The van der Waals surface area contributed by atoms with Gasteiger partial charge in [0.05, 0.1) is 10.8 Å². The Morgan fingerprint density at radius 3 is 2.76 bits per heavy atom. The Balaban J connectivity index is 1.64. The van der Waals surface area contributed by atoms with E-state index in [0.29, 0.717) is 24.1 Å². The van der Waals surface area contributed by atoms with Gasteiger partial charge in [-0.1, -0.05) is 6.07 Å². The molecule has 0 aliphatic heterocycles. The topological polar surface area (TPSA) is 95.5 Å². The van der Waals surface area contributed by atoms with E-state index in [2.05, 4.69) is 10.6 Å². The zero-order valence-corrected chi connectivity index (χ0v) is 12.3. The monoisotopic (exact) mass is 310 g/mol. The number of carbonyl (C=O) groups excluding carboxylic acids is 2. The first-order chi connectivity index (χ1) is 10.1. The van der Waals surface area contributed by atoms with Crippen molar-refractivity contribution in [1.29, 1.82) is 0 Å². The molecule has 0 saturated heterocycles. The first-order valence-electron chi connectivity index (χ1n) is 6.90. The molecule has 2 amide bonds. The summed E-state index contributed by atoms with van der Waals surface area (Å²) in [4.78, 5) is 34.8. The molecule has 2 atom stereocenters. The number of amides is 2. The summed E-state index contributed by atoms with van der Waals surface area (Å²) in [6.45, 7) is 0.275. The molecule has 2 rings (SSSR count). The van der Waals surface area contributed by atoms with E-state index in [0.717, 1.165) is 0 Å². The van der Waals surface area contributed by atoms with E-state index < -0.39 is 5.97 Å². The minimum Gasteiger partial charge on any atom is -0.481 e. The van der Waals surface area contributed by atoms with Gasteiger partial charge in [0, 0.05) is 19.0 Å². The van der Waals surface area contributed by atoms with E-state index in [4.69, 9.17) is 5.11 Å². The molecule has 0 bridgehead atoms. The zero-order chi connectivity index (χ0) is 15.2. The Labute approximate surface area is 126 Å². The normalized spacial score (nSPS) is 21.0. The molecule has 1 aliphatic carbocycles. The van der Waals surface area contributed by atoms with E-state index in [9.17, 15) is 14.4 Å². The Bertz CT molecular complexity index is 515. The van der Waals surface area contributed by atoms with Gasteiger partial charge in [0.25, 0.3) is 5.91 Å². The van der Waals surface area contributed by atoms with Crippen LogP contribution in [0.5, 0.6) is 0 Å². The van der Waals surface area contributed by atoms with Gasteiger partial charge in [-0.3, -0.25) is 14.4 Å². The largest absolute Gasteiger partial charge is 0.481 e. The lowest BCUT2D eigenvalue weighted by atomic mass is 10.1. The van der Waals surface area contributed by atoms with Gasteiger partial charge >= 0.3 is 5.97 Å². The number of aliphatic carboxylic acids is 1. The highest BCUT2D eigenvalue weighted by Crippen LogP contribution is 2.25. The summed E-state index contributed by atoms with van der Waals surface area (Å²) in [5, 5.41) is 16.2. The van der Waals surface area contributed by atoms with Crippen LogP contribution >= 0.6 is 11.3 Å². The van der Waals surface area contributed by atoms with Crippen LogP contribution in [0, 0.1) is 5.92 Å². The maximum atomic E-state index is 11.7. The van der Waals surface area contributed by atoms with Crippen molar-refractivity contribution in [2.24, 2.45) is 5.92 Å². The van der Waals surface area contributed by atoms with Crippen molar-refractivity contribution >= 4 is 29.1 Å². The smallest absolute Gasteiger partial charge is 0.306 e. The van der Waals surface area contributed by atoms with Crippen LogP contribution in [0.25, 0.3) is 0 Å². The second kappa shape index (κ2) is 7.21. The van der Waals surface area contributed by atoms with Gasteiger partial charge in [-0.15, -0.1) is 11.3 Å². The van der Waals surface area contributed by atoms with Gasteiger partial charge in [0.2, 0.25) is 5.91 Å². The summed E-state index contributed by atoms with van der Waals surface area (Å²) >= 11 is 1.35. The van der Waals surface area contributed by atoms with E-state index in [-0.39, 0.29) is 36.7 Å². The third-order valence-corrected chi connectivity index (χ3v) is 4.40. The zero-order valence-electron chi connectivity index (χ0n) is 11.5. The number of nitrogens with one attached hydrogen (secondary N) is 2. The molecule has 1 aromatic rings. The van der Waals surface area contributed by atoms with Crippen LogP contribution in [0.1, 0.15) is 35.4 Å². The minimum atomic E-state index is -0.796. The molecular formula is C14H18N2O4S. The van der Waals surface area contributed by atoms with Gasteiger partial charge in [0.1, 0.15) is 0 Å². The van der Waals surface area contributed by atoms with Crippen LogP contribution in [0.3, 0.4) is 0 Å². The van der Waals surface area contributed by atoms with E-state index in [1.165, 1.54) is 11.3 Å². The highest BCUT2D eigenvalue weighted by Gasteiger charge is 2.30. The lowest BCUT2D eigenvalue weighted by molar-refractivity contribution is -0.141. The van der Waals surface area contributed by atoms with Crippen molar-refractivity contribution in [3.63, 3.8) is 0 Å². The number of hydrogen-bond acceptors (Lipinski definition) is 4. The fourth-order valence-electron chi connectivity index (χ4n) is 2.42. The second-order valence-electron chi connectivity index (χ2n) is 5.10. The average Bonchev–Trinajstić information content (AvgIpc) is 3.09. The van der Waals surface area contributed by atoms with Crippen molar-refractivity contribution in [2.45, 2.75) is 31.7 Å².